The minimum Gasteiger partial charge on any atom is -0.383 e. The van der Waals surface area contributed by atoms with Crippen molar-refractivity contribution in [2.24, 2.45) is 10.2 Å². The molecule has 0 unspecified atom stereocenters. The second kappa shape index (κ2) is 8.46. The van der Waals surface area contributed by atoms with Crippen LogP contribution in [0.5, 0.6) is 0 Å². The van der Waals surface area contributed by atoms with E-state index >= 15 is 0 Å². The van der Waals surface area contributed by atoms with Gasteiger partial charge in [-0.15, -0.1) is 21.5 Å². The molecular weight excluding hydrogens is 480 g/mol. The van der Waals surface area contributed by atoms with Crippen molar-refractivity contribution in [2.45, 2.75) is 0 Å². The van der Waals surface area contributed by atoms with Gasteiger partial charge in [-0.05, 0) is 36.4 Å². The number of azo groups is 1. The quantitative estimate of drug-likeness (QED) is 0.257. The fourth-order valence-electron chi connectivity index (χ4n) is 3.83. The van der Waals surface area contributed by atoms with Gasteiger partial charge in [0.15, 0.2) is 17.2 Å². The molecule has 0 saturated heterocycles. The first-order chi connectivity index (χ1) is 17.1. The molecule has 0 amide bonds. The number of anilines is 2. The van der Waals surface area contributed by atoms with Crippen molar-refractivity contribution in [3.63, 3.8) is 0 Å². The Hall–Kier alpha value is -4.34. The summed E-state index contributed by atoms with van der Waals surface area (Å²) in [5, 5.41) is 14.6. The number of hydrogen-bond donors (Lipinski definition) is 2. The van der Waals surface area contributed by atoms with Gasteiger partial charge in [0.05, 0.1) is 27.2 Å². The predicted octanol–water partition coefficient (Wildman–Crippen LogP) is 6.91. The van der Waals surface area contributed by atoms with Gasteiger partial charge in [-0.1, -0.05) is 54.1 Å². The van der Waals surface area contributed by atoms with E-state index in [0.717, 1.165) is 20.8 Å². The molecule has 0 bridgehead atoms. The summed E-state index contributed by atoms with van der Waals surface area (Å²) in [6.07, 6.45) is 0. The summed E-state index contributed by atoms with van der Waals surface area (Å²) in [6, 6.07) is 24.7. The molecule has 0 radical (unpaired) electrons. The number of hydrogen-bond acceptors (Lipinski definition) is 8. The number of aromatic nitrogens is 4. The molecule has 6 rings (SSSR count). The Kier molecular flexibility index (Phi) is 5.13. The van der Waals surface area contributed by atoms with E-state index in [0.29, 0.717) is 33.3 Å². The van der Waals surface area contributed by atoms with E-state index in [-0.39, 0.29) is 11.6 Å². The maximum Gasteiger partial charge on any atom is 0.187 e. The van der Waals surface area contributed by atoms with Crippen LogP contribution in [0.2, 0.25) is 5.02 Å². The average molecular weight is 497 g/mol. The molecule has 0 aliphatic rings. The van der Waals surface area contributed by atoms with Gasteiger partial charge < -0.3 is 11.5 Å². The normalized spacial score (nSPS) is 11.7. The summed E-state index contributed by atoms with van der Waals surface area (Å²) in [4.78, 5) is 9.46. The maximum atomic E-state index is 6.57. The van der Waals surface area contributed by atoms with Crippen LogP contribution < -0.4 is 11.5 Å². The fraction of sp³-hybridized carbons (Fsp3) is 0. The molecule has 170 valence electrons. The molecule has 0 fully saturated rings. The van der Waals surface area contributed by atoms with Crippen molar-refractivity contribution in [1.82, 2.24) is 19.6 Å². The van der Waals surface area contributed by atoms with Crippen molar-refractivity contribution in [3.8, 4) is 21.8 Å². The van der Waals surface area contributed by atoms with E-state index in [1.54, 1.807) is 4.52 Å². The number of nitrogen functional groups attached to an aromatic ring is 2. The smallest absolute Gasteiger partial charge is 0.187 e. The molecule has 8 nitrogen and oxygen atoms in total. The zero-order valence-electron chi connectivity index (χ0n) is 18.1. The molecule has 35 heavy (non-hydrogen) atoms. The van der Waals surface area contributed by atoms with Gasteiger partial charge in [0.2, 0.25) is 0 Å². The topological polar surface area (TPSA) is 120 Å². The second-order valence-corrected chi connectivity index (χ2v) is 9.19. The standard InChI is InChI=1S/C25H17ClN8S/c26-15-12-10-14(11-13-15)21-19(25-29-17-8-4-5-9-18(17)35-25)22(27)30-24-20(23(28)33-34(21)24)32-31-16-6-2-1-3-7-16/h1-13H,(H2,27,30)(H2,28,33). The number of nitrogens with zero attached hydrogens (tertiary/aromatic N) is 6. The lowest BCUT2D eigenvalue weighted by Gasteiger charge is -2.12. The molecule has 0 saturated carbocycles. The average Bonchev–Trinajstić information content (AvgIpc) is 3.43. The number of thiazole rings is 1. The second-order valence-electron chi connectivity index (χ2n) is 7.72. The lowest BCUT2D eigenvalue weighted by molar-refractivity contribution is 0.957. The Morgan fingerprint density at radius 1 is 0.800 bits per heavy atom. The van der Waals surface area contributed by atoms with Crippen LogP contribution in [0.1, 0.15) is 0 Å². The number of fused-ring (bicyclic) bond motifs is 2. The first-order valence-electron chi connectivity index (χ1n) is 10.6. The molecule has 0 aliphatic carbocycles. The summed E-state index contributed by atoms with van der Waals surface area (Å²) in [5.41, 5.74) is 17.3. The Labute approximate surface area is 208 Å². The van der Waals surface area contributed by atoms with E-state index in [2.05, 4.69) is 20.3 Å². The first kappa shape index (κ1) is 21.2. The summed E-state index contributed by atoms with van der Waals surface area (Å²) >= 11 is 7.70. The number of para-hydroxylation sites is 1. The molecule has 6 aromatic rings. The predicted molar refractivity (Wildman–Crippen MR) is 141 cm³/mol. The van der Waals surface area contributed by atoms with Gasteiger partial charge in [0.25, 0.3) is 0 Å². The van der Waals surface area contributed by atoms with Gasteiger partial charge in [-0.25, -0.2) is 14.5 Å². The molecule has 3 heterocycles. The van der Waals surface area contributed by atoms with Gasteiger partial charge in [-0.3, -0.25) is 0 Å². The minimum atomic E-state index is 0.188. The fourth-order valence-corrected chi connectivity index (χ4v) is 4.98. The molecule has 0 atom stereocenters. The molecule has 0 aliphatic heterocycles. The van der Waals surface area contributed by atoms with Crippen molar-refractivity contribution in [2.75, 3.05) is 11.5 Å². The van der Waals surface area contributed by atoms with Crippen molar-refractivity contribution < 1.29 is 0 Å². The van der Waals surface area contributed by atoms with Crippen LogP contribution in [-0.2, 0) is 0 Å². The summed E-state index contributed by atoms with van der Waals surface area (Å²) in [7, 11) is 0. The van der Waals surface area contributed by atoms with Gasteiger partial charge in [0, 0.05) is 10.6 Å². The summed E-state index contributed by atoms with van der Waals surface area (Å²) in [6.45, 7) is 0. The van der Waals surface area contributed by atoms with Crippen LogP contribution in [0.15, 0.2) is 89.1 Å². The third-order valence-electron chi connectivity index (χ3n) is 5.44. The van der Waals surface area contributed by atoms with Crippen LogP contribution in [0.25, 0.3) is 37.7 Å². The Balaban J connectivity index is 1.63. The molecule has 3 aromatic carbocycles. The zero-order valence-corrected chi connectivity index (χ0v) is 19.7. The van der Waals surface area contributed by atoms with Gasteiger partial charge in [0.1, 0.15) is 10.8 Å². The van der Waals surface area contributed by atoms with Crippen LogP contribution in [0.4, 0.5) is 23.0 Å². The lowest BCUT2D eigenvalue weighted by Crippen LogP contribution is -2.05. The third-order valence-corrected chi connectivity index (χ3v) is 6.75. The number of halogens is 1. The summed E-state index contributed by atoms with van der Waals surface area (Å²) < 4.78 is 2.69. The van der Waals surface area contributed by atoms with Crippen molar-refractivity contribution in [1.29, 1.82) is 0 Å². The van der Waals surface area contributed by atoms with Crippen LogP contribution >= 0.6 is 22.9 Å². The molecule has 4 N–H and O–H groups in total. The lowest BCUT2D eigenvalue weighted by atomic mass is 10.1. The van der Waals surface area contributed by atoms with E-state index in [9.17, 15) is 0 Å². The van der Waals surface area contributed by atoms with Gasteiger partial charge in [-0.2, -0.15) is 5.11 Å². The van der Waals surface area contributed by atoms with E-state index in [4.69, 9.17) is 28.1 Å². The Bertz CT molecular complexity index is 1690. The highest BCUT2D eigenvalue weighted by Gasteiger charge is 2.24. The zero-order chi connectivity index (χ0) is 23.9. The number of benzene rings is 3. The monoisotopic (exact) mass is 496 g/mol. The SMILES string of the molecule is Nc1nc2c(N=Nc3ccccc3)c(N)nn2c(-c2ccc(Cl)cc2)c1-c1nc2ccccc2s1. The largest absolute Gasteiger partial charge is 0.383 e. The van der Waals surface area contributed by atoms with E-state index < -0.39 is 0 Å². The third kappa shape index (κ3) is 3.76. The van der Waals surface area contributed by atoms with Crippen LogP contribution in [0.3, 0.4) is 0 Å². The molecule has 3 aromatic heterocycles. The van der Waals surface area contributed by atoms with Gasteiger partial charge >= 0.3 is 0 Å². The molecule has 10 heteroatoms. The van der Waals surface area contributed by atoms with Crippen molar-refractivity contribution >= 4 is 61.8 Å². The first-order valence-corrected chi connectivity index (χ1v) is 11.8. The van der Waals surface area contributed by atoms with E-state index in [1.807, 2.05) is 78.9 Å². The Morgan fingerprint density at radius 2 is 1.54 bits per heavy atom. The molecule has 0 spiro atoms. The molecular formula is C25H17ClN8S. The van der Waals surface area contributed by atoms with Crippen LogP contribution in [-0.4, -0.2) is 19.6 Å². The van der Waals surface area contributed by atoms with Crippen LogP contribution in [0, 0.1) is 0 Å². The summed E-state index contributed by atoms with van der Waals surface area (Å²) in [5.74, 6) is 0.478. The highest BCUT2D eigenvalue weighted by molar-refractivity contribution is 7.21. The number of rotatable bonds is 4. The minimum absolute atomic E-state index is 0.188. The highest BCUT2D eigenvalue weighted by Crippen LogP contribution is 2.42. The maximum absolute atomic E-state index is 6.57. The van der Waals surface area contributed by atoms with E-state index in [1.165, 1.54) is 11.3 Å². The Morgan fingerprint density at radius 3 is 2.31 bits per heavy atom. The number of nitrogens with two attached hydrogens (primary N) is 2. The highest BCUT2D eigenvalue weighted by atomic mass is 35.5. The van der Waals surface area contributed by atoms with Crippen molar-refractivity contribution in [3.05, 3.63) is 83.9 Å².